The van der Waals surface area contributed by atoms with Gasteiger partial charge in [0.05, 0.1) is 0 Å². The van der Waals surface area contributed by atoms with E-state index in [1.807, 2.05) is 0 Å². The molecular weight excluding hydrogens is 967 g/mol. The van der Waals surface area contributed by atoms with Crippen LogP contribution in [0.1, 0.15) is 229 Å². The highest BCUT2D eigenvalue weighted by atomic mass is 14.9. The molecule has 0 aliphatic heterocycles. The first-order valence-corrected chi connectivity index (χ1v) is 31.3. The summed E-state index contributed by atoms with van der Waals surface area (Å²) in [5, 5.41) is 13.9. The average molecular weight is 1060 g/mol. The maximum atomic E-state index is 3.76. The topological polar surface area (TPSA) is 36.1 Å². The number of anilines is 3. The Morgan fingerprint density at radius 2 is 0.675 bits per heavy atom. The van der Waals surface area contributed by atoms with Gasteiger partial charge in [-0.3, -0.25) is 0 Å². The molecule has 0 spiro atoms. The zero-order valence-electron chi connectivity index (χ0n) is 49.9. The maximum absolute atomic E-state index is 3.76. The van der Waals surface area contributed by atoms with Crippen molar-refractivity contribution in [3.8, 4) is 11.1 Å². The SMILES string of the molecule is CC(C)c1ccc(NCc2ccc(-c3ccccc3)cc2)c(C2CCCCC2)c1.CC(C)c1ccc(NCc2ccc3ccccc3c2)c(C2CCCCC2)c1.Cc1ccc(CNc2ccc(C(C)C)cc2C2CCCCC2)cc1. The third kappa shape index (κ3) is 16.3. The largest absolute Gasteiger partial charge is 0.381 e. The smallest absolute Gasteiger partial charge is 0.0401 e. The molecule has 8 aromatic rings. The molecule has 0 aromatic heterocycles. The molecule has 0 unspecified atom stereocenters. The third-order valence-electron chi connectivity index (χ3n) is 17.8. The predicted octanol–water partition coefficient (Wildman–Crippen LogP) is 22.5. The highest BCUT2D eigenvalue weighted by Crippen LogP contribution is 2.41. The lowest BCUT2D eigenvalue weighted by molar-refractivity contribution is 0.444. The van der Waals surface area contributed by atoms with Crippen molar-refractivity contribution >= 4 is 27.8 Å². The first-order chi connectivity index (χ1) is 39.0. The Hall–Kier alpha value is -6.58. The molecule has 3 aliphatic carbocycles. The minimum absolute atomic E-state index is 0.580. The van der Waals surface area contributed by atoms with Crippen molar-refractivity contribution in [2.75, 3.05) is 16.0 Å². The molecule has 8 aromatic carbocycles. The molecule has 11 rings (SSSR count). The maximum Gasteiger partial charge on any atom is 0.0401 e. The number of aryl methyl sites for hydroxylation is 1. The Morgan fingerprint density at radius 3 is 1.09 bits per heavy atom. The van der Waals surface area contributed by atoms with Gasteiger partial charge in [-0.1, -0.05) is 257 Å². The zero-order valence-corrected chi connectivity index (χ0v) is 49.9. The highest BCUT2D eigenvalue weighted by molar-refractivity contribution is 5.83. The standard InChI is InChI=1S/C28H33N.C26H31N.C23H31N/c1-21(2)26-17-18-28(27(19-26)25-11-7-4-8-12-25)29-20-22-13-15-24(16-14-22)23-9-5-3-6-10-23;1-19(2)23-14-15-26(25(17-23)22-9-4-3-5-10-22)27-18-20-12-13-21-8-6-7-11-24(21)16-20;1-17(2)21-13-14-23(22(15-21)20-7-5-4-6-8-20)24-16-19-11-9-18(3)10-12-19/h3,5-6,9-10,13-19,21,25,29H,4,7-8,11-12,20H2,1-2H3;6-8,11-17,19,22,27H,3-5,9-10,18H2,1-2H3;9-15,17,20,24H,4-8,16H2,1-3H3. The normalized spacial score (nSPS) is 15.3. The lowest BCUT2D eigenvalue weighted by Crippen LogP contribution is -2.10. The Bertz CT molecular complexity index is 3130. The van der Waals surface area contributed by atoms with Crippen LogP contribution < -0.4 is 16.0 Å². The van der Waals surface area contributed by atoms with Crippen molar-refractivity contribution < 1.29 is 0 Å². The van der Waals surface area contributed by atoms with Crippen LogP contribution in [0.5, 0.6) is 0 Å². The van der Waals surface area contributed by atoms with E-state index in [9.17, 15) is 0 Å². The van der Waals surface area contributed by atoms with Crippen molar-refractivity contribution in [3.05, 3.63) is 232 Å². The van der Waals surface area contributed by atoms with Gasteiger partial charge in [0.1, 0.15) is 0 Å². The van der Waals surface area contributed by atoms with E-state index in [0.29, 0.717) is 23.7 Å². The molecule has 0 heterocycles. The molecule has 3 N–H and O–H groups in total. The van der Waals surface area contributed by atoms with Gasteiger partial charge in [-0.2, -0.15) is 0 Å². The summed E-state index contributed by atoms with van der Waals surface area (Å²) in [5.41, 5.74) is 20.9. The molecule has 0 radical (unpaired) electrons. The molecule has 80 heavy (non-hydrogen) atoms. The van der Waals surface area contributed by atoms with Crippen molar-refractivity contribution in [1.29, 1.82) is 0 Å². The van der Waals surface area contributed by atoms with Crippen molar-refractivity contribution in [2.24, 2.45) is 0 Å². The third-order valence-corrected chi connectivity index (χ3v) is 17.8. The number of hydrogen-bond donors (Lipinski definition) is 3. The monoisotopic (exact) mass is 1060 g/mol. The molecular formula is C77H95N3. The summed E-state index contributed by atoms with van der Waals surface area (Å²) < 4.78 is 0. The summed E-state index contributed by atoms with van der Waals surface area (Å²) in [5.74, 6) is 3.93. The lowest BCUT2D eigenvalue weighted by Gasteiger charge is -2.26. The fourth-order valence-corrected chi connectivity index (χ4v) is 12.7. The van der Waals surface area contributed by atoms with Crippen molar-refractivity contribution in [1.82, 2.24) is 0 Å². The number of benzene rings is 8. The summed E-state index contributed by atoms with van der Waals surface area (Å²) in [6, 6.07) is 65.1. The number of rotatable bonds is 16. The second kappa shape index (κ2) is 29.2. The van der Waals surface area contributed by atoms with Crippen molar-refractivity contribution in [2.45, 2.75) is 200 Å². The molecule has 0 amide bonds. The van der Waals surface area contributed by atoms with Gasteiger partial charge in [0.25, 0.3) is 0 Å². The predicted molar refractivity (Wildman–Crippen MR) is 348 cm³/mol. The lowest BCUT2D eigenvalue weighted by atomic mass is 9.82. The van der Waals surface area contributed by atoms with Gasteiger partial charge in [-0.15, -0.1) is 0 Å². The van der Waals surface area contributed by atoms with E-state index in [4.69, 9.17) is 0 Å². The van der Waals surface area contributed by atoms with E-state index in [1.165, 1.54) is 180 Å². The van der Waals surface area contributed by atoms with Gasteiger partial charge < -0.3 is 16.0 Å². The molecule has 0 atom stereocenters. The Morgan fingerprint density at radius 1 is 0.325 bits per heavy atom. The van der Waals surface area contributed by atoms with Gasteiger partial charge in [-0.05, 0) is 177 Å². The van der Waals surface area contributed by atoms with Crippen LogP contribution in [0.3, 0.4) is 0 Å². The summed E-state index contributed by atoms with van der Waals surface area (Å²) in [7, 11) is 0. The number of hydrogen-bond acceptors (Lipinski definition) is 3. The van der Waals surface area contributed by atoms with Crippen LogP contribution in [-0.2, 0) is 19.6 Å². The highest BCUT2D eigenvalue weighted by Gasteiger charge is 2.23. The number of nitrogens with one attached hydrogen (secondary N) is 3. The van der Waals surface area contributed by atoms with Crippen LogP contribution in [0.15, 0.2) is 176 Å². The average Bonchev–Trinajstić information content (AvgIpc) is 3.59. The summed E-state index contributed by atoms with van der Waals surface area (Å²) >= 11 is 0. The van der Waals surface area contributed by atoms with Crippen LogP contribution in [0.25, 0.3) is 21.9 Å². The van der Waals surface area contributed by atoms with Crippen LogP contribution in [-0.4, -0.2) is 0 Å². The first-order valence-electron chi connectivity index (χ1n) is 31.3. The summed E-state index contributed by atoms with van der Waals surface area (Å²) in [6.45, 7) is 18.6. The van der Waals surface area contributed by atoms with Gasteiger partial charge in [0.15, 0.2) is 0 Å². The molecule has 3 fully saturated rings. The second-order valence-corrected chi connectivity index (χ2v) is 24.8. The van der Waals surface area contributed by atoms with Crippen LogP contribution in [0, 0.1) is 6.92 Å². The van der Waals surface area contributed by atoms with Gasteiger partial charge in [0.2, 0.25) is 0 Å². The van der Waals surface area contributed by atoms with Crippen LogP contribution in [0.2, 0.25) is 0 Å². The summed E-state index contributed by atoms with van der Waals surface area (Å²) in [4.78, 5) is 0. The molecule has 0 saturated heterocycles. The van der Waals surface area contributed by atoms with Gasteiger partial charge >= 0.3 is 0 Å². The molecule has 3 nitrogen and oxygen atoms in total. The van der Waals surface area contributed by atoms with Crippen molar-refractivity contribution in [3.63, 3.8) is 0 Å². The Labute approximate surface area is 483 Å². The molecule has 3 heteroatoms. The van der Waals surface area contributed by atoms with Gasteiger partial charge in [0, 0.05) is 36.7 Å². The van der Waals surface area contributed by atoms with Crippen LogP contribution in [0.4, 0.5) is 17.1 Å². The molecule has 418 valence electrons. The number of fused-ring (bicyclic) bond motifs is 1. The fraction of sp³-hybridized carbons (Fsp3) is 0.403. The molecule has 3 aliphatic rings. The first kappa shape index (κ1) is 58.1. The van der Waals surface area contributed by atoms with E-state index in [1.54, 1.807) is 11.1 Å². The van der Waals surface area contributed by atoms with E-state index in [0.717, 1.165) is 31.5 Å². The summed E-state index contributed by atoms with van der Waals surface area (Å²) in [6.07, 6.45) is 20.5. The molecule has 3 saturated carbocycles. The van der Waals surface area contributed by atoms with Crippen LogP contribution >= 0.6 is 0 Å². The van der Waals surface area contributed by atoms with E-state index in [2.05, 4.69) is 240 Å². The van der Waals surface area contributed by atoms with E-state index in [-0.39, 0.29) is 0 Å². The second-order valence-electron chi connectivity index (χ2n) is 24.8. The van der Waals surface area contributed by atoms with E-state index < -0.39 is 0 Å². The zero-order chi connectivity index (χ0) is 55.6. The minimum Gasteiger partial charge on any atom is -0.381 e. The van der Waals surface area contributed by atoms with E-state index >= 15 is 0 Å². The fourth-order valence-electron chi connectivity index (χ4n) is 12.7. The minimum atomic E-state index is 0.580. The Balaban J connectivity index is 0.000000146. The molecule has 0 bridgehead atoms. The Kier molecular flexibility index (Phi) is 21.2. The quantitative estimate of drug-likeness (QED) is 0.0902. The van der Waals surface area contributed by atoms with Gasteiger partial charge in [-0.25, -0.2) is 0 Å².